The number of rotatable bonds is 11. The first-order chi connectivity index (χ1) is 67.3. The van der Waals surface area contributed by atoms with Crippen LogP contribution < -0.4 is 0 Å². The van der Waals surface area contributed by atoms with E-state index in [1.807, 2.05) is 0 Å². The zero-order valence-electron chi connectivity index (χ0n) is 74.5. The van der Waals surface area contributed by atoms with Crippen molar-refractivity contribution in [1.29, 1.82) is 0 Å². The van der Waals surface area contributed by atoms with Gasteiger partial charge in [-0.2, -0.15) is 0 Å². The van der Waals surface area contributed by atoms with E-state index in [1.54, 1.807) is 0 Å². The van der Waals surface area contributed by atoms with Crippen molar-refractivity contribution in [2.75, 3.05) is 0 Å². The second-order valence-corrected chi connectivity index (χ2v) is 36.3. The van der Waals surface area contributed by atoms with Gasteiger partial charge in [0.25, 0.3) is 0 Å². The smallest absolute Gasteiger partial charge is 0.0471 e. The lowest BCUT2D eigenvalue weighted by Crippen LogP contribution is -2.03. The minimum Gasteiger partial charge on any atom is -0.354 e. The van der Waals surface area contributed by atoms with Gasteiger partial charge < -0.3 is 15.0 Å². The van der Waals surface area contributed by atoms with E-state index in [1.165, 1.54) is 252 Å². The fourth-order valence-corrected chi connectivity index (χ4v) is 21.6. The lowest BCUT2D eigenvalue weighted by atomic mass is 9.83. The van der Waals surface area contributed by atoms with Crippen molar-refractivity contribution in [2.24, 2.45) is 0 Å². The summed E-state index contributed by atoms with van der Waals surface area (Å²) in [5.74, 6) is 0.0562. The zero-order valence-corrected chi connectivity index (χ0v) is 74.5. The van der Waals surface area contributed by atoms with E-state index >= 15 is 0 Å². The lowest BCUT2D eigenvalue weighted by Gasteiger charge is -2.20. The molecule has 3 nitrogen and oxygen atoms in total. The molecule has 0 saturated heterocycles. The number of hydrogen-bond acceptors (Lipinski definition) is 0. The molecule has 0 aliphatic carbocycles. The molecule has 634 valence electrons. The first kappa shape index (κ1) is 79.2. The molecule has 0 atom stereocenters. The van der Waals surface area contributed by atoms with Crippen LogP contribution in [0.1, 0.15) is 22.6 Å². The summed E-state index contributed by atoms with van der Waals surface area (Å²) in [6, 6.07) is 184. The van der Waals surface area contributed by atoms with Crippen molar-refractivity contribution in [2.45, 2.75) is 5.92 Å². The molecular formula is C133H87N3. The van der Waals surface area contributed by atoms with Crippen molar-refractivity contribution < 1.29 is 0 Å². The van der Waals surface area contributed by atoms with Gasteiger partial charge in [0, 0.05) is 71.3 Å². The number of benzene rings is 25. The van der Waals surface area contributed by atoms with E-state index in [0.717, 1.165) is 16.6 Å². The van der Waals surface area contributed by atoms with E-state index in [2.05, 4.69) is 518 Å². The molecule has 0 radical (unpaired) electrons. The molecule has 0 saturated carbocycles. The van der Waals surface area contributed by atoms with Crippen LogP contribution in [0, 0.1) is 0 Å². The third-order valence-electron chi connectivity index (χ3n) is 28.5. The lowest BCUT2D eigenvalue weighted by molar-refractivity contribution is 0.978. The van der Waals surface area contributed by atoms with Crippen LogP contribution in [-0.2, 0) is 0 Å². The van der Waals surface area contributed by atoms with Gasteiger partial charge in [-0.05, 0) is 288 Å². The van der Waals surface area contributed by atoms with Crippen molar-refractivity contribution in [3.8, 4) is 89.0 Å². The Balaban J connectivity index is 0.000000109. The van der Waals surface area contributed by atoms with Gasteiger partial charge in [0.05, 0.1) is 0 Å². The SMILES string of the molecule is c1cc(-c2ccc3cc(-c4ccc5ccccc5c4)ccc3c2)cc(-c2cc3ccccc3c3ccccc23)c1.c1ccc2c(c1)[nH]c1cc(-c3ccc(C(c4ccc(-c5ccc6c(c5)[nH]c5ccccc56)cc4)c4ccc(-c5ccc6c(c5)[nH]c5ccccc56)cc4)cc3)ccc12.c1ccc2cc(-c3cc4c5ccccc5c(-c5cccc6ccccc56)cc4c4ccccc34)ccc2c1. The van der Waals surface area contributed by atoms with Crippen molar-refractivity contribution >= 4 is 162 Å². The molecule has 3 N–H and O–H groups in total. The summed E-state index contributed by atoms with van der Waals surface area (Å²) in [6.07, 6.45) is 0. The molecule has 0 fully saturated rings. The number of aromatic nitrogens is 3. The fraction of sp³-hybridized carbons (Fsp3) is 0.00752. The van der Waals surface area contributed by atoms with Gasteiger partial charge in [-0.25, -0.2) is 0 Å². The van der Waals surface area contributed by atoms with Crippen LogP contribution in [0.15, 0.2) is 504 Å². The minimum atomic E-state index is 0.0562. The Bertz CT molecular complexity index is 9240. The van der Waals surface area contributed by atoms with Gasteiger partial charge in [-0.1, -0.05) is 419 Å². The monoisotopic (exact) mass is 1730 g/mol. The third-order valence-corrected chi connectivity index (χ3v) is 28.5. The quantitative estimate of drug-likeness (QED) is 0.0854. The molecule has 0 aliphatic heterocycles. The average molecular weight is 1730 g/mol. The Morgan fingerprint density at radius 1 is 0.110 bits per heavy atom. The molecule has 0 spiro atoms. The summed E-state index contributed by atoms with van der Waals surface area (Å²) >= 11 is 0. The summed E-state index contributed by atoms with van der Waals surface area (Å²) in [5.41, 5.74) is 30.6. The zero-order chi connectivity index (χ0) is 89.7. The van der Waals surface area contributed by atoms with Crippen molar-refractivity contribution in [3.05, 3.63) is 520 Å². The Morgan fingerprint density at radius 3 is 0.846 bits per heavy atom. The molecule has 3 heteroatoms. The molecule has 0 amide bonds. The van der Waals surface area contributed by atoms with Crippen LogP contribution in [0.2, 0.25) is 0 Å². The van der Waals surface area contributed by atoms with Crippen LogP contribution in [0.5, 0.6) is 0 Å². The maximum absolute atomic E-state index is 3.62. The van der Waals surface area contributed by atoms with Crippen molar-refractivity contribution in [3.63, 3.8) is 0 Å². The highest BCUT2D eigenvalue weighted by Gasteiger charge is 2.22. The highest BCUT2D eigenvalue weighted by Crippen LogP contribution is 2.47. The predicted molar refractivity (Wildman–Crippen MR) is 582 cm³/mol. The summed E-state index contributed by atoms with van der Waals surface area (Å²) < 4.78 is 0. The van der Waals surface area contributed by atoms with Gasteiger partial charge >= 0.3 is 0 Å². The second-order valence-electron chi connectivity index (χ2n) is 36.3. The number of aromatic amines is 3. The van der Waals surface area contributed by atoms with E-state index in [0.29, 0.717) is 0 Å². The molecule has 3 aromatic heterocycles. The predicted octanol–water partition coefficient (Wildman–Crippen LogP) is 36.9. The Hall–Kier alpha value is -17.8. The van der Waals surface area contributed by atoms with Crippen LogP contribution in [0.3, 0.4) is 0 Å². The van der Waals surface area contributed by atoms with Crippen LogP contribution in [0.4, 0.5) is 0 Å². The Labute approximate surface area is 786 Å². The Morgan fingerprint density at radius 2 is 0.382 bits per heavy atom. The van der Waals surface area contributed by atoms with Gasteiger partial charge in [0.2, 0.25) is 0 Å². The number of para-hydroxylation sites is 3. The maximum Gasteiger partial charge on any atom is 0.0471 e. The van der Waals surface area contributed by atoms with E-state index < -0.39 is 0 Å². The third kappa shape index (κ3) is 14.2. The molecule has 28 aromatic rings. The standard InChI is InChI=1S/C55H37N3.C40H26.C38H24/c1-4-10-49-43(7-1)46-28-25-40(31-52(46)56-49)34-13-19-37(20-14-34)55(38-21-15-35(16-22-38)41-26-29-47-44-8-2-5-11-50(44)57-53(47)32-41)39-23-17-36(18-24-39)42-27-30-48-45-9-3-6-12-51(45)58-54(48)33-42;1-2-9-28-22-31(17-16-27(28)8-1)33-21-20-32-23-30(18-19-34(32)24-33)29-11-7-12-35(25-29)40-26-36-10-3-4-13-37(36)38-14-5-6-15-39(38)40;1-2-12-27-22-28(21-20-25(27)10-1)35-23-37-34-18-8-7-17-33(34)36(24-38(37)32-16-6-5-15-31(32)35)30-19-9-13-26-11-3-4-14-29(26)30/h1-33,55-58H;1-26H;1-24H. The molecular weight excluding hydrogens is 1640 g/mol. The normalized spacial score (nSPS) is 11.7. The molecule has 0 unspecified atom stereocenters. The van der Waals surface area contributed by atoms with Crippen LogP contribution in [0.25, 0.3) is 251 Å². The van der Waals surface area contributed by atoms with E-state index in [4.69, 9.17) is 0 Å². The van der Waals surface area contributed by atoms with Gasteiger partial charge in [-0.3, -0.25) is 0 Å². The second kappa shape index (κ2) is 33.3. The van der Waals surface area contributed by atoms with Gasteiger partial charge in [0.1, 0.15) is 0 Å². The maximum atomic E-state index is 3.62. The first-order valence-corrected chi connectivity index (χ1v) is 47.1. The highest BCUT2D eigenvalue weighted by atomic mass is 14.7. The number of nitrogens with one attached hydrogen (secondary N) is 3. The highest BCUT2D eigenvalue weighted by molar-refractivity contribution is 6.25. The molecule has 25 aromatic carbocycles. The number of fused-ring (bicyclic) bond motifs is 21. The molecule has 136 heavy (non-hydrogen) atoms. The largest absolute Gasteiger partial charge is 0.354 e. The summed E-state index contributed by atoms with van der Waals surface area (Å²) in [6.45, 7) is 0. The average Bonchev–Trinajstić information content (AvgIpc) is 0.846. The molecule has 28 rings (SSSR count). The summed E-state index contributed by atoms with van der Waals surface area (Å²) in [5, 5.41) is 30.6. The topological polar surface area (TPSA) is 47.4 Å². The Kier molecular flexibility index (Phi) is 19.4. The van der Waals surface area contributed by atoms with E-state index in [9.17, 15) is 0 Å². The number of H-pyrrole nitrogens is 3. The summed E-state index contributed by atoms with van der Waals surface area (Å²) in [7, 11) is 0. The minimum absolute atomic E-state index is 0.0562. The number of hydrogen-bond donors (Lipinski definition) is 3. The van der Waals surface area contributed by atoms with Gasteiger partial charge in [0.15, 0.2) is 0 Å². The molecule has 3 heterocycles. The van der Waals surface area contributed by atoms with Gasteiger partial charge in [-0.15, -0.1) is 0 Å². The van der Waals surface area contributed by atoms with Crippen LogP contribution >= 0.6 is 0 Å². The fourth-order valence-electron chi connectivity index (χ4n) is 21.6. The summed E-state index contributed by atoms with van der Waals surface area (Å²) in [4.78, 5) is 10.9. The van der Waals surface area contributed by atoms with Crippen molar-refractivity contribution in [1.82, 2.24) is 15.0 Å². The van der Waals surface area contributed by atoms with Crippen LogP contribution in [-0.4, -0.2) is 15.0 Å². The first-order valence-electron chi connectivity index (χ1n) is 47.1. The molecule has 0 aliphatic rings. The molecule has 0 bridgehead atoms. The van der Waals surface area contributed by atoms with E-state index in [-0.39, 0.29) is 5.92 Å².